The normalized spacial score (nSPS) is 9.75. The first-order valence-electron chi connectivity index (χ1n) is 6.79. The lowest BCUT2D eigenvalue weighted by Gasteiger charge is -2.02. The highest BCUT2D eigenvalue weighted by atomic mass is 16.7. The van der Waals surface area contributed by atoms with Gasteiger partial charge in [-0.15, -0.1) is 0 Å². The van der Waals surface area contributed by atoms with E-state index in [9.17, 15) is 4.79 Å². The molecule has 0 saturated carbocycles. The van der Waals surface area contributed by atoms with Crippen LogP contribution in [0.2, 0.25) is 0 Å². The summed E-state index contributed by atoms with van der Waals surface area (Å²) in [7, 11) is 0. The summed E-state index contributed by atoms with van der Waals surface area (Å²) in [6.07, 6.45) is 2.29. The lowest BCUT2D eigenvalue weighted by atomic mass is 10.1. The van der Waals surface area contributed by atoms with Crippen LogP contribution < -0.4 is 11.6 Å². The Morgan fingerprint density at radius 1 is 1.15 bits per heavy atom. The van der Waals surface area contributed by atoms with E-state index in [0.29, 0.717) is 13.0 Å². The summed E-state index contributed by atoms with van der Waals surface area (Å²) >= 11 is 0. The Bertz CT molecular complexity index is 535. The van der Waals surface area contributed by atoms with Crippen LogP contribution >= 0.6 is 0 Å². The number of benzene rings is 2. The van der Waals surface area contributed by atoms with Gasteiger partial charge in [0.25, 0.3) is 0 Å². The standard InChI is InChI=1S/C11H11N.C5H11NO2/c12-8-10-6-3-5-9-4-1-2-7-11(9)10;1-2-3-4-5(7)8-6/h1-7H,8,12H2;2-4,6H2,1H3. The number of fused-ring (bicyclic) bond motifs is 1. The van der Waals surface area contributed by atoms with E-state index in [-0.39, 0.29) is 5.97 Å². The van der Waals surface area contributed by atoms with E-state index in [4.69, 9.17) is 5.73 Å². The quantitative estimate of drug-likeness (QED) is 0.840. The molecule has 2 rings (SSSR count). The van der Waals surface area contributed by atoms with E-state index in [0.717, 1.165) is 12.8 Å². The average Bonchev–Trinajstić information content (AvgIpc) is 2.52. The van der Waals surface area contributed by atoms with E-state index in [2.05, 4.69) is 35.0 Å². The van der Waals surface area contributed by atoms with Crippen LogP contribution in [0.3, 0.4) is 0 Å². The molecule has 0 aliphatic rings. The van der Waals surface area contributed by atoms with Crippen molar-refractivity contribution in [3.8, 4) is 0 Å². The molecule has 2 aromatic carbocycles. The van der Waals surface area contributed by atoms with Gasteiger partial charge >= 0.3 is 5.97 Å². The fourth-order valence-corrected chi connectivity index (χ4v) is 1.85. The van der Waals surface area contributed by atoms with Gasteiger partial charge in [0.05, 0.1) is 0 Å². The number of hydrogen-bond donors (Lipinski definition) is 2. The van der Waals surface area contributed by atoms with E-state index >= 15 is 0 Å². The van der Waals surface area contributed by atoms with Gasteiger partial charge < -0.3 is 10.6 Å². The predicted molar refractivity (Wildman–Crippen MR) is 81.6 cm³/mol. The largest absolute Gasteiger partial charge is 0.373 e. The van der Waals surface area contributed by atoms with Crippen LogP contribution in [0.15, 0.2) is 42.5 Å². The second-order valence-corrected chi connectivity index (χ2v) is 4.44. The van der Waals surface area contributed by atoms with Gasteiger partial charge in [-0.25, -0.2) is 0 Å². The van der Waals surface area contributed by atoms with Crippen molar-refractivity contribution in [2.75, 3.05) is 0 Å². The first-order valence-corrected chi connectivity index (χ1v) is 6.79. The van der Waals surface area contributed by atoms with Gasteiger partial charge in [0.15, 0.2) is 0 Å². The third-order valence-electron chi connectivity index (χ3n) is 2.97. The van der Waals surface area contributed by atoms with E-state index in [1.165, 1.54) is 16.3 Å². The molecule has 0 aromatic heterocycles. The fraction of sp³-hybridized carbons (Fsp3) is 0.312. The summed E-state index contributed by atoms with van der Waals surface area (Å²) in [5, 5.41) is 2.53. The number of hydrogen-bond acceptors (Lipinski definition) is 4. The van der Waals surface area contributed by atoms with Crippen LogP contribution in [0, 0.1) is 0 Å². The first kappa shape index (κ1) is 16.1. The maximum absolute atomic E-state index is 10.2. The molecule has 0 unspecified atom stereocenters. The molecule has 0 aliphatic heterocycles. The predicted octanol–water partition coefficient (Wildman–Crippen LogP) is 2.89. The molecule has 4 heteroatoms. The van der Waals surface area contributed by atoms with Gasteiger partial charge in [-0.3, -0.25) is 4.79 Å². The Hall–Kier alpha value is -1.91. The summed E-state index contributed by atoms with van der Waals surface area (Å²) < 4.78 is 0. The minimum Gasteiger partial charge on any atom is -0.373 e. The SMILES string of the molecule is CCCCC(=O)ON.NCc1cccc2ccccc12. The highest BCUT2D eigenvalue weighted by Crippen LogP contribution is 2.17. The molecule has 108 valence electrons. The molecule has 0 heterocycles. The minimum absolute atomic E-state index is 0.327. The number of nitrogens with two attached hydrogens (primary N) is 2. The van der Waals surface area contributed by atoms with Crippen LogP contribution in [0.4, 0.5) is 0 Å². The molecular weight excluding hydrogens is 252 g/mol. The minimum atomic E-state index is -0.327. The van der Waals surface area contributed by atoms with Crippen LogP contribution in [-0.2, 0) is 16.2 Å². The number of rotatable bonds is 4. The lowest BCUT2D eigenvalue weighted by molar-refractivity contribution is -0.144. The summed E-state index contributed by atoms with van der Waals surface area (Å²) in [4.78, 5) is 14.1. The molecule has 0 fully saturated rings. The maximum Gasteiger partial charge on any atom is 0.324 e. The molecule has 0 aliphatic carbocycles. The average molecular weight is 274 g/mol. The van der Waals surface area contributed by atoms with Gasteiger partial charge in [-0.1, -0.05) is 55.8 Å². The monoisotopic (exact) mass is 274 g/mol. The van der Waals surface area contributed by atoms with Crippen molar-refractivity contribution in [3.05, 3.63) is 48.0 Å². The fourth-order valence-electron chi connectivity index (χ4n) is 1.85. The second-order valence-electron chi connectivity index (χ2n) is 4.44. The van der Waals surface area contributed by atoms with Crippen molar-refractivity contribution in [1.29, 1.82) is 0 Å². The summed E-state index contributed by atoms with van der Waals surface area (Å²) in [6, 6.07) is 14.5. The van der Waals surface area contributed by atoms with Crippen molar-refractivity contribution >= 4 is 16.7 Å². The Kier molecular flexibility index (Phi) is 7.32. The van der Waals surface area contributed by atoms with Crippen LogP contribution in [0.25, 0.3) is 10.8 Å². The van der Waals surface area contributed by atoms with Gasteiger partial charge in [0.1, 0.15) is 0 Å². The smallest absolute Gasteiger partial charge is 0.324 e. The molecule has 0 atom stereocenters. The zero-order valence-electron chi connectivity index (χ0n) is 11.8. The van der Waals surface area contributed by atoms with E-state index in [1.807, 2.05) is 25.1 Å². The van der Waals surface area contributed by atoms with Gasteiger partial charge in [-0.2, -0.15) is 5.90 Å². The van der Waals surface area contributed by atoms with Crippen molar-refractivity contribution in [2.24, 2.45) is 11.6 Å². The maximum atomic E-state index is 10.2. The summed E-state index contributed by atoms with van der Waals surface area (Å²) in [5.41, 5.74) is 6.83. The second kappa shape index (κ2) is 9.07. The Morgan fingerprint density at radius 2 is 1.85 bits per heavy atom. The molecule has 20 heavy (non-hydrogen) atoms. The van der Waals surface area contributed by atoms with Gasteiger partial charge in [-0.05, 0) is 22.8 Å². The lowest BCUT2D eigenvalue weighted by Crippen LogP contribution is -2.08. The van der Waals surface area contributed by atoms with Crippen LogP contribution in [0.1, 0.15) is 31.7 Å². The van der Waals surface area contributed by atoms with Gasteiger partial charge in [0.2, 0.25) is 0 Å². The zero-order valence-corrected chi connectivity index (χ0v) is 11.8. The molecule has 2 aromatic rings. The Morgan fingerprint density at radius 3 is 2.50 bits per heavy atom. The summed E-state index contributed by atoms with van der Waals surface area (Å²) in [5.74, 6) is 4.24. The molecular formula is C16H22N2O2. The van der Waals surface area contributed by atoms with Crippen molar-refractivity contribution in [1.82, 2.24) is 0 Å². The Balaban J connectivity index is 0.000000221. The number of carbonyl (C=O) groups excluding carboxylic acids is 1. The van der Waals surface area contributed by atoms with E-state index < -0.39 is 0 Å². The molecule has 0 bridgehead atoms. The molecule has 0 radical (unpaired) electrons. The van der Waals surface area contributed by atoms with Crippen LogP contribution in [0.5, 0.6) is 0 Å². The van der Waals surface area contributed by atoms with Crippen molar-refractivity contribution in [2.45, 2.75) is 32.7 Å². The third kappa shape index (κ3) is 4.99. The highest BCUT2D eigenvalue weighted by molar-refractivity contribution is 5.85. The third-order valence-corrected chi connectivity index (χ3v) is 2.97. The molecule has 0 spiro atoms. The van der Waals surface area contributed by atoms with Crippen molar-refractivity contribution < 1.29 is 9.63 Å². The van der Waals surface area contributed by atoms with Crippen LogP contribution in [-0.4, -0.2) is 5.97 Å². The zero-order chi connectivity index (χ0) is 14.8. The molecule has 4 N–H and O–H groups in total. The topological polar surface area (TPSA) is 78.3 Å². The Labute approximate surface area is 119 Å². The first-order chi connectivity index (χ1) is 9.72. The molecule has 0 amide bonds. The van der Waals surface area contributed by atoms with Gasteiger partial charge in [0, 0.05) is 13.0 Å². The molecule has 4 nitrogen and oxygen atoms in total. The number of unbranched alkanes of at least 4 members (excludes halogenated alkanes) is 1. The summed E-state index contributed by atoms with van der Waals surface area (Å²) in [6.45, 7) is 2.62. The van der Waals surface area contributed by atoms with Crippen molar-refractivity contribution in [3.63, 3.8) is 0 Å². The van der Waals surface area contributed by atoms with E-state index in [1.54, 1.807) is 0 Å². The molecule has 0 saturated heterocycles. The highest BCUT2D eigenvalue weighted by Gasteiger charge is 1.96. The number of carbonyl (C=O) groups is 1.